The Morgan fingerprint density at radius 3 is 2.87 bits per heavy atom. The molecule has 0 unspecified atom stereocenters. The van der Waals surface area contributed by atoms with Crippen molar-refractivity contribution in [3.05, 3.63) is 62.0 Å². The number of halogens is 1. The van der Waals surface area contributed by atoms with Gasteiger partial charge in [-0.15, -0.1) is 11.3 Å². The molecule has 3 aromatic rings. The van der Waals surface area contributed by atoms with Crippen LogP contribution in [0.15, 0.2) is 29.1 Å². The molecule has 0 saturated heterocycles. The van der Waals surface area contributed by atoms with E-state index in [2.05, 4.69) is 9.97 Å². The van der Waals surface area contributed by atoms with Gasteiger partial charge in [-0.05, 0) is 43.4 Å². The zero-order chi connectivity index (χ0) is 16.0. The van der Waals surface area contributed by atoms with E-state index in [-0.39, 0.29) is 5.56 Å². The highest BCUT2D eigenvalue weighted by Crippen LogP contribution is 2.35. The van der Waals surface area contributed by atoms with Crippen LogP contribution in [0.4, 0.5) is 0 Å². The predicted octanol–water partition coefficient (Wildman–Crippen LogP) is 4.52. The molecule has 1 N–H and O–H groups in total. The van der Waals surface area contributed by atoms with Crippen molar-refractivity contribution >= 4 is 44.3 Å². The number of thiophene rings is 1. The Morgan fingerprint density at radius 2 is 2.09 bits per heavy atom. The van der Waals surface area contributed by atoms with Crippen LogP contribution in [0.2, 0.25) is 0 Å². The third kappa shape index (κ3) is 2.62. The molecule has 0 aliphatic heterocycles. The first-order chi connectivity index (χ1) is 11.1. The van der Waals surface area contributed by atoms with E-state index in [4.69, 9.17) is 11.6 Å². The van der Waals surface area contributed by atoms with Gasteiger partial charge >= 0.3 is 0 Å². The Kier molecular flexibility index (Phi) is 3.58. The van der Waals surface area contributed by atoms with Crippen LogP contribution in [-0.2, 0) is 12.8 Å². The van der Waals surface area contributed by atoms with E-state index < -0.39 is 0 Å². The molecule has 1 aromatic carbocycles. The second kappa shape index (κ2) is 5.62. The zero-order valence-corrected chi connectivity index (χ0v) is 14.2. The topological polar surface area (TPSA) is 45.8 Å². The molecule has 1 aliphatic carbocycles. The molecule has 5 heteroatoms. The Bertz CT molecular complexity index is 983. The number of nitrogens with one attached hydrogen (secondary N) is 1. The highest BCUT2D eigenvalue weighted by molar-refractivity contribution is 7.18. The van der Waals surface area contributed by atoms with Gasteiger partial charge in [-0.3, -0.25) is 4.79 Å². The van der Waals surface area contributed by atoms with Gasteiger partial charge in [-0.1, -0.05) is 41.4 Å². The fourth-order valence-corrected chi connectivity index (χ4v) is 4.47. The Morgan fingerprint density at radius 1 is 1.30 bits per heavy atom. The number of aromatic nitrogens is 2. The number of aromatic amines is 1. The molecule has 3 nitrogen and oxygen atoms in total. The van der Waals surface area contributed by atoms with E-state index in [0.717, 1.165) is 35.0 Å². The van der Waals surface area contributed by atoms with E-state index in [1.807, 2.05) is 37.3 Å². The van der Waals surface area contributed by atoms with E-state index in [0.29, 0.717) is 10.9 Å². The molecule has 23 heavy (non-hydrogen) atoms. The quantitative estimate of drug-likeness (QED) is 0.744. The SMILES string of the molecule is Cc1ccc(/C=C(\Cl)c2nc3sc4c(c3c(=O)[nH]2)CCC4)cc1. The highest BCUT2D eigenvalue weighted by Gasteiger charge is 2.21. The van der Waals surface area contributed by atoms with Crippen molar-refractivity contribution in [1.29, 1.82) is 0 Å². The van der Waals surface area contributed by atoms with Gasteiger partial charge in [0, 0.05) is 4.88 Å². The lowest BCUT2D eigenvalue weighted by atomic mass is 10.1. The predicted molar refractivity (Wildman–Crippen MR) is 97.2 cm³/mol. The molecule has 0 radical (unpaired) electrons. The lowest BCUT2D eigenvalue weighted by molar-refractivity contribution is 0.916. The van der Waals surface area contributed by atoms with Crippen LogP contribution in [0.1, 0.15) is 33.8 Å². The Hall–Kier alpha value is -1.91. The van der Waals surface area contributed by atoms with Gasteiger partial charge in [0.05, 0.1) is 10.4 Å². The summed E-state index contributed by atoms with van der Waals surface area (Å²) >= 11 is 8.00. The summed E-state index contributed by atoms with van der Waals surface area (Å²) in [7, 11) is 0. The summed E-state index contributed by atoms with van der Waals surface area (Å²) in [5.41, 5.74) is 3.28. The maximum Gasteiger partial charge on any atom is 0.260 e. The van der Waals surface area contributed by atoms with Crippen LogP contribution >= 0.6 is 22.9 Å². The van der Waals surface area contributed by atoms with Crippen LogP contribution in [0.25, 0.3) is 21.3 Å². The molecule has 0 amide bonds. The van der Waals surface area contributed by atoms with Crippen LogP contribution in [0.3, 0.4) is 0 Å². The maximum absolute atomic E-state index is 12.4. The second-order valence-corrected chi connectivity index (χ2v) is 7.35. The van der Waals surface area contributed by atoms with Crippen LogP contribution in [-0.4, -0.2) is 9.97 Å². The summed E-state index contributed by atoms with van der Waals surface area (Å²) in [6.07, 6.45) is 4.99. The van der Waals surface area contributed by atoms with Crippen molar-refractivity contribution in [1.82, 2.24) is 9.97 Å². The average molecular weight is 343 g/mol. The molecule has 0 saturated carbocycles. The Labute approximate surface area is 142 Å². The van der Waals surface area contributed by atoms with Crippen LogP contribution in [0, 0.1) is 6.92 Å². The number of H-pyrrole nitrogens is 1. The zero-order valence-electron chi connectivity index (χ0n) is 12.6. The molecule has 116 valence electrons. The number of rotatable bonds is 2. The van der Waals surface area contributed by atoms with Gasteiger partial charge in [0.15, 0.2) is 5.82 Å². The van der Waals surface area contributed by atoms with Gasteiger partial charge in [-0.25, -0.2) is 4.98 Å². The fraction of sp³-hybridized carbons (Fsp3) is 0.222. The molecule has 0 fully saturated rings. The van der Waals surface area contributed by atoms with Gasteiger partial charge < -0.3 is 4.98 Å². The normalized spacial score (nSPS) is 14.4. The molecule has 0 bridgehead atoms. The van der Waals surface area contributed by atoms with Crippen molar-refractivity contribution in [3.8, 4) is 0 Å². The fourth-order valence-electron chi connectivity index (χ4n) is 2.99. The number of nitrogens with zero attached hydrogens (tertiary/aromatic N) is 1. The summed E-state index contributed by atoms with van der Waals surface area (Å²) in [6.45, 7) is 2.04. The van der Waals surface area contributed by atoms with Crippen molar-refractivity contribution in [3.63, 3.8) is 0 Å². The minimum absolute atomic E-state index is 0.0835. The van der Waals surface area contributed by atoms with E-state index in [1.165, 1.54) is 16.0 Å². The summed E-state index contributed by atoms with van der Waals surface area (Å²) in [4.78, 5) is 22.0. The molecular formula is C18H15ClN2OS. The number of benzene rings is 1. The third-order valence-electron chi connectivity index (χ3n) is 4.17. The number of aryl methyl sites for hydroxylation is 3. The third-order valence-corrected chi connectivity index (χ3v) is 5.65. The van der Waals surface area contributed by atoms with Gasteiger partial charge in [0.2, 0.25) is 0 Å². The summed E-state index contributed by atoms with van der Waals surface area (Å²) in [5.74, 6) is 0.435. The number of hydrogen-bond donors (Lipinski definition) is 1. The maximum atomic E-state index is 12.4. The summed E-state index contributed by atoms with van der Waals surface area (Å²) in [5, 5.41) is 1.20. The minimum atomic E-state index is -0.0835. The largest absolute Gasteiger partial charge is 0.305 e. The van der Waals surface area contributed by atoms with Crippen LogP contribution < -0.4 is 5.56 Å². The molecule has 0 spiro atoms. The minimum Gasteiger partial charge on any atom is -0.305 e. The lowest BCUT2D eigenvalue weighted by Gasteiger charge is -2.01. The van der Waals surface area contributed by atoms with Gasteiger partial charge in [0.25, 0.3) is 5.56 Å². The van der Waals surface area contributed by atoms with Crippen molar-refractivity contribution < 1.29 is 0 Å². The molecule has 2 heterocycles. The van der Waals surface area contributed by atoms with Gasteiger partial charge in [0.1, 0.15) is 4.83 Å². The van der Waals surface area contributed by atoms with Crippen molar-refractivity contribution in [2.75, 3.05) is 0 Å². The van der Waals surface area contributed by atoms with Gasteiger partial charge in [-0.2, -0.15) is 0 Å². The number of hydrogen-bond acceptors (Lipinski definition) is 3. The smallest absolute Gasteiger partial charge is 0.260 e. The molecule has 4 rings (SSSR count). The first-order valence-electron chi connectivity index (χ1n) is 7.60. The molecule has 0 atom stereocenters. The summed E-state index contributed by atoms with van der Waals surface area (Å²) in [6, 6.07) is 8.04. The monoisotopic (exact) mass is 342 g/mol. The summed E-state index contributed by atoms with van der Waals surface area (Å²) < 4.78 is 0. The van der Waals surface area contributed by atoms with E-state index in [9.17, 15) is 4.79 Å². The van der Waals surface area contributed by atoms with Crippen molar-refractivity contribution in [2.45, 2.75) is 26.2 Å². The van der Waals surface area contributed by atoms with E-state index >= 15 is 0 Å². The lowest BCUT2D eigenvalue weighted by Crippen LogP contribution is -2.10. The van der Waals surface area contributed by atoms with E-state index in [1.54, 1.807) is 11.3 Å². The first-order valence-corrected chi connectivity index (χ1v) is 8.80. The van der Waals surface area contributed by atoms with Crippen LogP contribution in [0.5, 0.6) is 0 Å². The number of fused-ring (bicyclic) bond motifs is 3. The molecular weight excluding hydrogens is 328 g/mol. The first kappa shape index (κ1) is 14.7. The highest BCUT2D eigenvalue weighted by atomic mass is 35.5. The molecule has 2 aromatic heterocycles. The second-order valence-electron chi connectivity index (χ2n) is 5.85. The average Bonchev–Trinajstić information content (AvgIpc) is 3.09. The van der Waals surface area contributed by atoms with Crippen molar-refractivity contribution in [2.24, 2.45) is 0 Å². The Balaban J connectivity index is 1.80. The standard InChI is InChI=1S/C18H15ClN2OS/c1-10-5-7-11(8-6-10)9-13(19)16-20-17(22)15-12-3-2-4-14(12)23-18(15)21-16/h5-9H,2-4H2,1H3,(H,20,21,22)/b13-9-. The molecule has 1 aliphatic rings.